The lowest BCUT2D eigenvalue weighted by molar-refractivity contribution is 0.0995. The molecule has 0 aliphatic heterocycles. The Labute approximate surface area is 140 Å². The molecule has 0 spiro atoms. The van der Waals surface area contributed by atoms with Crippen LogP contribution in [-0.2, 0) is 0 Å². The zero-order valence-corrected chi connectivity index (χ0v) is 13.1. The quantitative estimate of drug-likeness (QED) is 0.749. The number of anilines is 2. The van der Waals surface area contributed by atoms with Gasteiger partial charge in [0.1, 0.15) is 5.82 Å². The summed E-state index contributed by atoms with van der Waals surface area (Å²) in [5, 5.41) is 6.34. The Hall–Kier alpha value is -2.64. The van der Waals surface area contributed by atoms with E-state index in [1.807, 2.05) is 0 Å². The van der Waals surface area contributed by atoms with Crippen molar-refractivity contribution < 1.29 is 14.0 Å². The lowest BCUT2D eigenvalue weighted by atomic mass is 10.4. The number of amides is 2. The van der Waals surface area contributed by atoms with Crippen molar-refractivity contribution in [3.63, 3.8) is 0 Å². The molecule has 3 aromatic heterocycles. The third-order valence-corrected chi connectivity index (χ3v) is 4.00. The minimum absolute atomic E-state index is 0.203. The normalized spacial score (nSPS) is 10.3. The third kappa shape index (κ3) is 3.77. The molecule has 3 heterocycles. The first kappa shape index (κ1) is 15.3. The van der Waals surface area contributed by atoms with Gasteiger partial charge in [0.15, 0.2) is 5.76 Å². The predicted molar refractivity (Wildman–Crippen MR) is 88.2 cm³/mol. The first-order valence-corrected chi connectivity index (χ1v) is 7.69. The number of nitrogens with one attached hydrogen (secondary N) is 2. The number of nitrogens with zero attached hydrogens (tertiary/aromatic N) is 1. The summed E-state index contributed by atoms with van der Waals surface area (Å²) in [5.41, 5.74) is 0. The number of pyridine rings is 1. The van der Waals surface area contributed by atoms with Crippen LogP contribution in [0.4, 0.5) is 10.8 Å². The summed E-state index contributed by atoms with van der Waals surface area (Å²) in [5.74, 6) is -0.0877. The van der Waals surface area contributed by atoms with Crippen LogP contribution in [0.2, 0.25) is 5.02 Å². The summed E-state index contributed by atoms with van der Waals surface area (Å²) in [6.07, 6.45) is 2.86. The number of hydrogen-bond acceptors (Lipinski definition) is 5. The van der Waals surface area contributed by atoms with Gasteiger partial charge in [-0.2, -0.15) is 0 Å². The second-order valence-corrected chi connectivity index (χ2v) is 5.93. The minimum atomic E-state index is -0.372. The molecular weight excluding hydrogens is 338 g/mol. The van der Waals surface area contributed by atoms with Crippen molar-refractivity contribution in [1.82, 2.24) is 4.98 Å². The van der Waals surface area contributed by atoms with Gasteiger partial charge in [-0.05, 0) is 36.4 Å². The lowest BCUT2D eigenvalue weighted by Crippen LogP contribution is -2.11. The van der Waals surface area contributed by atoms with Crippen molar-refractivity contribution in [2.75, 3.05) is 10.6 Å². The Morgan fingerprint density at radius 2 is 1.96 bits per heavy atom. The van der Waals surface area contributed by atoms with Gasteiger partial charge in [0.2, 0.25) is 0 Å². The fourth-order valence-corrected chi connectivity index (χ4v) is 2.64. The molecule has 0 fully saturated rings. The van der Waals surface area contributed by atoms with E-state index < -0.39 is 0 Å². The van der Waals surface area contributed by atoms with Crippen molar-refractivity contribution in [3.8, 4) is 0 Å². The van der Waals surface area contributed by atoms with Gasteiger partial charge in [-0.1, -0.05) is 11.6 Å². The van der Waals surface area contributed by atoms with Gasteiger partial charge >= 0.3 is 0 Å². The monoisotopic (exact) mass is 347 g/mol. The van der Waals surface area contributed by atoms with Crippen molar-refractivity contribution in [2.24, 2.45) is 0 Å². The summed E-state index contributed by atoms with van der Waals surface area (Å²) < 4.78 is 5.00. The molecule has 6 nitrogen and oxygen atoms in total. The fourth-order valence-electron chi connectivity index (χ4n) is 1.74. The van der Waals surface area contributed by atoms with E-state index in [0.29, 0.717) is 20.7 Å². The van der Waals surface area contributed by atoms with Crippen molar-refractivity contribution in [3.05, 3.63) is 64.5 Å². The summed E-state index contributed by atoms with van der Waals surface area (Å²) >= 11 is 6.89. The number of aromatic nitrogens is 1. The van der Waals surface area contributed by atoms with Crippen LogP contribution >= 0.6 is 22.9 Å². The maximum absolute atomic E-state index is 12.1. The van der Waals surface area contributed by atoms with Gasteiger partial charge in [0.05, 0.1) is 21.2 Å². The van der Waals surface area contributed by atoms with Gasteiger partial charge < -0.3 is 15.1 Å². The Morgan fingerprint density at radius 1 is 1.09 bits per heavy atom. The molecule has 3 rings (SSSR count). The molecule has 2 N–H and O–H groups in total. The molecule has 0 saturated heterocycles. The van der Waals surface area contributed by atoms with Gasteiger partial charge in [0, 0.05) is 6.20 Å². The molecule has 0 radical (unpaired) electrons. The number of carbonyl (C=O) groups excluding carboxylic acids is 2. The van der Waals surface area contributed by atoms with Crippen molar-refractivity contribution >= 4 is 45.6 Å². The highest BCUT2D eigenvalue weighted by Gasteiger charge is 2.13. The second-order valence-electron chi connectivity index (χ2n) is 4.41. The van der Waals surface area contributed by atoms with E-state index in [1.54, 1.807) is 36.4 Å². The van der Waals surface area contributed by atoms with E-state index in [9.17, 15) is 9.59 Å². The first-order valence-electron chi connectivity index (χ1n) is 6.49. The summed E-state index contributed by atoms with van der Waals surface area (Å²) in [4.78, 5) is 28.4. The maximum Gasteiger partial charge on any atom is 0.291 e. The average Bonchev–Trinajstić information content (AvgIpc) is 3.20. The molecule has 0 aliphatic carbocycles. The molecule has 0 bridgehead atoms. The molecule has 0 aromatic carbocycles. The van der Waals surface area contributed by atoms with E-state index in [-0.39, 0.29) is 17.6 Å². The number of rotatable bonds is 4. The number of hydrogen-bond donors (Lipinski definition) is 2. The van der Waals surface area contributed by atoms with Gasteiger partial charge in [-0.3, -0.25) is 9.59 Å². The average molecular weight is 348 g/mol. The van der Waals surface area contributed by atoms with Gasteiger partial charge in [0.25, 0.3) is 11.8 Å². The van der Waals surface area contributed by atoms with Crippen LogP contribution in [0, 0.1) is 0 Å². The van der Waals surface area contributed by atoms with Gasteiger partial charge in [-0.15, -0.1) is 11.3 Å². The molecule has 23 heavy (non-hydrogen) atoms. The second kappa shape index (κ2) is 6.64. The van der Waals surface area contributed by atoms with E-state index in [2.05, 4.69) is 15.6 Å². The summed E-state index contributed by atoms with van der Waals surface area (Å²) in [6.45, 7) is 0. The van der Waals surface area contributed by atoms with Crippen LogP contribution in [-0.4, -0.2) is 16.8 Å². The van der Waals surface area contributed by atoms with Crippen molar-refractivity contribution in [2.45, 2.75) is 0 Å². The molecule has 0 saturated carbocycles. The van der Waals surface area contributed by atoms with Crippen LogP contribution in [0.5, 0.6) is 0 Å². The van der Waals surface area contributed by atoms with Crippen LogP contribution in [0.1, 0.15) is 20.2 Å². The Kier molecular flexibility index (Phi) is 4.40. The smallest absolute Gasteiger partial charge is 0.291 e. The molecule has 0 unspecified atom stereocenters. The largest absolute Gasteiger partial charge is 0.459 e. The standard InChI is InChI=1S/C15H10ClN3O3S/c16-9-3-5-12(17-8-9)18-15(21)11-4-6-13(23-11)19-14(20)10-2-1-7-22-10/h1-8H,(H,19,20)(H,17,18,21). The van der Waals surface area contributed by atoms with E-state index in [4.69, 9.17) is 16.0 Å². The zero-order valence-electron chi connectivity index (χ0n) is 11.6. The van der Waals surface area contributed by atoms with Crippen molar-refractivity contribution in [1.29, 1.82) is 0 Å². The number of furan rings is 1. The molecule has 3 aromatic rings. The van der Waals surface area contributed by atoms with Crippen LogP contribution in [0.3, 0.4) is 0 Å². The molecule has 8 heteroatoms. The highest BCUT2D eigenvalue weighted by Crippen LogP contribution is 2.23. The topological polar surface area (TPSA) is 84.2 Å². The molecular formula is C15H10ClN3O3S. The molecule has 2 amide bonds. The minimum Gasteiger partial charge on any atom is -0.459 e. The SMILES string of the molecule is O=C(Nc1ccc(C(=O)Nc2ccc(Cl)cn2)s1)c1ccco1. The summed E-state index contributed by atoms with van der Waals surface area (Å²) in [7, 11) is 0. The van der Waals surface area contributed by atoms with Gasteiger partial charge in [-0.25, -0.2) is 4.98 Å². The first-order chi connectivity index (χ1) is 11.1. The third-order valence-electron chi connectivity index (χ3n) is 2.78. The summed E-state index contributed by atoms with van der Waals surface area (Å²) in [6, 6.07) is 9.69. The number of carbonyl (C=O) groups is 2. The molecule has 0 aliphatic rings. The van der Waals surface area contributed by atoms with Crippen LogP contribution in [0.25, 0.3) is 0 Å². The van der Waals surface area contributed by atoms with Crippen LogP contribution in [0.15, 0.2) is 53.3 Å². The predicted octanol–water partition coefficient (Wildman–Crippen LogP) is 3.89. The maximum atomic E-state index is 12.1. The van der Waals surface area contributed by atoms with E-state index >= 15 is 0 Å². The fraction of sp³-hybridized carbons (Fsp3) is 0. The Balaban J connectivity index is 1.65. The van der Waals surface area contributed by atoms with Crippen LogP contribution < -0.4 is 10.6 Å². The number of thiophene rings is 1. The number of halogens is 1. The lowest BCUT2D eigenvalue weighted by Gasteiger charge is -2.02. The van der Waals surface area contributed by atoms with E-state index in [1.165, 1.54) is 12.5 Å². The Morgan fingerprint density at radius 3 is 2.65 bits per heavy atom. The zero-order chi connectivity index (χ0) is 16.2. The molecule has 116 valence electrons. The Bertz CT molecular complexity index is 828. The molecule has 0 atom stereocenters. The van der Waals surface area contributed by atoms with E-state index in [0.717, 1.165) is 11.3 Å². The highest BCUT2D eigenvalue weighted by molar-refractivity contribution is 7.18. The highest BCUT2D eigenvalue weighted by atomic mass is 35.5.